The van der Waals surface area contributed by atoms with E-state index in [1.54, 1.807) is 0 Å². The van der Waals surface area contributed by atoms with Crippen molar-refractivity contribution in [3.63, 3.8) is 0 Å². The molecule has 0 radical (unpaired) electrons. The zero-order valence-corrected chi connectivity index (χ0v) is 13.8. The molecule has 1 fully saturated rings. The summed E-state index contributed by atoms with van der Waals surface area (Å²) in [5.41, 5.74) is 0. The van der Waals surface area contributed by atoms with Crippen LogP contribution < -0.4 is 10.2 Å². The van der Waals surface area contributed by atoms with Crippen molar-refractivity contribution in [3.8, 4) is 0 Å². The van der Waals surface area contributed by atoms with Gasteiger partial charge in [-0.3, -0.25) is 0 Å². The molecule has 21 heavy (non-hydrogen) atoms. The summed E-state index contributed by atoms with van der Waals surface area (Å²) in [5, 5.41) is 3.21. The molecule has 0 spiro atoms. The van der Waals surface area contributed by atoms with Crippen molar-refractivity contribution in [1.29, 1.82) is 0 Å². The van der Waals surface area contributed by atoms with Gasteiger partial charge in [-0.05, 0) is 19.8 Å². The number of nitrogens with one attached hydrogen (secondary N) is 1. The van der Waals surface area contributed by atoms with Gasteiger partial charge in [0.15, 0.2) is 9.84 Å². The van der Waals surface area contributed by atoms with Crippen molar-refractivity contribution in [2.45, 2.75) is 39.2 Å². The van der Waals surface area contributed by atoms with Gasteiger partial charge in [0.25, 0.3) is 0 Å². The molecule has 1 aromatic rings. The lowest BCUT2D eigenvalue weighted by Gasteiger charge is -2.25. The molecular weight excluding hydrogens is 288 g/mol. The molecule has 0 saturated carbocycles. The minimum Gasteiger partial charge on any atom is -0.370 e. The lowest BCUT2D eigenvalue weighted by atomic mass is 10.2. The maximum absolute atomic E-state index is 11.6. The van der Waals surface area contributed by atoms with Crippen LogP contribution in [-0.4, -0.2) is 49.5 Å². The summed E-state index contributed by atoms with van der Waals surface area (Å²) in [7, 11) is -0.974. The van der Waals surface area contributed by atoms with E-state index in [9.17, 15) is 8.42 Å². The molecule has 1 N–H and O–H groups in total. The van der Waals surface area contributed by atoms with Crippen LogP contribution in [0.15, 0.2) is 6.07 Å². The van der Waals surface area contributed by atoms with Crippen LogP contribution in [0.25, 0.3) is 0 Å². The average Bonchev–Trinajstić information content (AvgIpc) is 2.79. The summed E-state index contributed by atoms with van der Waals surface area (Å²) in [6.45, 7) is 4.91. The van der Waals surface area contributed by atoms with Gasteiger partial charge in [0.05, 0.1) is 11.5 Å². The Labute approximate surface area is 126 Å². The molecular formula is C14H24N4O2S. The average molecular weight is 312 g/mol. The highest BCUT2D eigenvalue weighted by atomic mass is 32.2. The van der Waals surface area contributed by atoms with Crippen LogP contribution >= 0.6 is 0 Å². The van der Waals surface area contributed by atoms with Gasteiger partial charge in [0, 0.05) is 32.1 Å². The van der Waals surface area contributed by atoms with Crippen molar-refractivity contribution in [2.24, 2.45) is 0 Å². The van der Waals surface area contributed by atoms with Gasteiger partial charge in [-0.25, -0.2) is 18.4 Å². The van der Waals surface area contributed by atoms with E-state index in [0.717, 1.165) is 36.8 Å². The molecule has 2 heterocycles. The number of hydrogen-bond donors (Lipinski definition) is 1. The quantitative estimate of drug-likeness (QED) is 0.857. The van der Waals surface area contributed by atoms with Crippen LogP contribution in [0.5, 0.6) is 0 Å². The molecule has 1 saturated heterocycles. The minimum absolute atomic E-state index is 0.00820. The van der Waals surface area contributed by atoms with Crippen molar-refractivity contribution in [1.82, 2.24) is 9.97 Å². The third kappa shape index (κ3) is 4.06. The second-order valence-corrected chi connectivity index (χ2v) is 7.70. The van der Waals surface area contributed by atoms with Crippen molar-refractivity contribution in [3.05, 3.63) is 11.9 Å². The maximum atomic E-state index is 11.6. The first-order valence-corrected chi connectivity index (χ1v) is 9.32. The summed E-state index contributed by atoms with van der Waals surface area (Å²) in [6.07, 6.45) is 2.47. The zero-order chi connectivity index (χ0) is 15.5. The van der Waals surface area contributed by atoms with Gasteiger partial charge in [-0.15, -0.1) is 0 Å². The summed E-state index contributed by atoms with van der Waals surface area (Å²) < 4.78 is 23.3. The molecule has 6 nitrogen and oxygen atoms in total. The predicted molar refractivity (Wildman–Crippen MR) is 85.7 cm³/mol. The Morgan fingerprint density at radius 2 is 2.14 bits per heavy atom. The third-order valence-electron chi connectivity index (χ3n) is 3.71. The molecule has 7 heteroatoms. The van der Waals surface area contributed by atoms with E-state index in [2.05, 4.69) is 22.2 Å². The number of nitrogens with zero attached hydrogens (tertiary/aromatic N) is 3. The van der Waals surface area contributed by atoms with Crippen LogP contribution in [0.1, 0.15) is 32.5 Å². The van der Waals surface area contributed by atoms with Crippen LogP contribution in [-0.2, 0) is 16.3 Å². The number of sulfone groups is 1. The normalized spacial score (nSPS) is 20.4. The SMILES string of the molecule is CCCc1nc(NCC)cc(N(C)C2CCS(=O)(=O)C2)n1. The van der Waals surface area contributed by atoms with E-state index in [4.69, 9.17) is 0 Å². The van der Waals surface area contributed by atoms with Crippen molar-refractivity contribution < 1.29 is 8.42 Å². The highest BCUT2D eigenvalue weighted by Gasteiger charge is 2.31. The number of aromatic nitrogens is 2. The van der Waals surface area contributed by atoms with Gasteiger partial charge < -0.3 is 10.2 Å². The van der Waals surface area contributed by atoms with E-state index >= 15 is 0 Å². The van der Waals surface area contributed by atoms with Crippen LogP contribution in [0, 0.1) is 0 Å². The molecule has 0 bridgehead atoms. The zero-order valence-electron chi connectivity index (χ0n) is 13.0. The van der Waals surface area contributed by atoms with E-state index in [1.165, 1.54) is 0 Å². The Kier molecular flexibility index (Phi) is 5.03. The lowest BCUT2D eigenvalue weighted by molar-refractivity contribution is 0.600. The Balaban J connectivity index is 2.24. The molecule has 1 aromatic heterocycles. The number of rotatable bonds is 6. The molecule has 1 atom stereocenters. The predicted octanol–water partition coefficient (Wildman–Crippen LogP) is 1.48. The van der Waals surface area contributed by atoms with Gasteiger partial charge in [-0.1, -0.05) is 6.92 Å². The number of hydrogen-bond acceptors (Lipinski definition) is 6. The highest BCUT2D eigenvalue weighted by molar-refractivity contribution is 7.91. The fourth-order valence-electron chi connectivity index (χ4n) is 2.54. The molecule has 118 valence electrons. The van der Waals surface area contributed by atoms with Crippen molar-refractivity contribution in [2.75, 3.05) is 35.3 Å². The molecule has 0 aliphatic carbocycles. The Morgan fingerprint density at radius 3 is 2.71 bits per heavy atom. The number of anilines is 2. The second kappa shape index (κ2) is 6.60. The molecule has 2 rings (SSSR count). The monoisotopic (exact) mass is 312 g/mol. The van der Waals surface area contributed by atoms with Crippen LogP contribution in [0.3, 0.4) is 0 Å². The molecule has 1 unspecified atom stereocenters. The molecule has 0 amide bonds. The Bertz CT molecular complexity index is 564. The van der Waals surface area contributed by atoms with Crippen LogP contribution in [0.4, 0.5) is 11.6 Å². The van der Waals surface area contributed by atoms with E-state index in [0.29, 0.717) is 6.42 Å². The fraction of sp³-hybridized carbons (Fsp3) is 0.714. The van der Waals surface area contributed by atoms with Crippen LogP contribution in [0.2, 0.25) is 0 Å². The Hall–Kier alpha value is -1.37. The first-order chi connectivity index (χ1) is 9.95. The highest BCUT2D eigenvalue weighted by Crippen LogP contribution is 2.23. The summed E-state index contributed by atoms with van der Waals surface area (Å²) in [4.78, 5) is 11.0. The summed E-state index contributed by atoms with van der Waals surface area (Å²) >= 11 is 0. The van der Waals surface area contributed by atoms with E-state index in [-0.39, 0.29) is 17.5 Å². The minimum atomic E-state index is -2.89. The largest absolute Gasteiger partial charge is 0.370 e. The first kappa shape index (κ1) is 16.0. The lowest BCUT2D eigenvalue weighted by Crippen LogP contribution is -2.33. The van der Waals surface area contributed by atoms with E-state index in [1.807, 2.05) is 24.9 Å². The topological polar surface area (TPSA) is 75.2 Å². The maximum Gasteiger partial charge on any atom is 0.152 e. The van der Waals surface area contributed by atoms with Gasteiger partial charge in [0.2, 0.25) is 0 Å². The third-order valence-corrected chi connectivity index (χ3v) is 5.46. The number of aryl methyl sites for hydroxylation is 1. The fourth-order valence-corrected chi connectivity index (χ4v) is 4.31. The summed E-state index contributed by atoms with van der Waals surface area (Å²) in [6, 6.07) is 1.90. The summed E-state index contributed by atoms with van der Waals surface area (Å²) in [5.74, 6) is 2.89. The van der Waals surface area contributed by atoms with Gasteiger partial charge in [-0.2, -0.15) is 0 Å². The molecule has 1 aliphatic rings. The van der Waals surface area contributed by atoms with Gasteiger partial charge in [0.1, 0.15) is 17.5 Å². The van der Waals surface area contributed by atoms with Gasteiger partial charge >= 0.3 is 0 Å². The standard InChI is InChI=1S/C14H24N4O2S/c1-4-6-12-16-13(15-5-2)9-14(17-12)18(3)11-7-8-21(19,20)10-11/h9,11H,4-8,10H2,1-3H3,(H,15,16,17). The molecule has 0 aromatic carbocycles. The molecule has 1 aliphatic heterocycles. The Morgan fingerprint density at radius 1 is 1.38 bits per heavy atom. The van der Waals surface area contributed by atoms with Crippen molar-refractivity contribution >= 4 is 21.5 Å². The first-order valence-electron chi connectivity index (χ1n) is 7.50. The smallest absolute Gasteiger partial charge is 0.152 e. The second-order valence-electron chi connectivity index (χ2n) is 5.48. The van der Waals surface area contributed by atoms with E-state index < -0.39 is 9.84 Å².